The summed E-state index contributed by atoms with van der Waals surface area (Å²) < 4.78 is 11.0. The van der Waals surface area contributed by atoms with Gasteiger partial charge in [0.25, 0.3) is 0 Å². The van der Waals surface area contributed by atoms with Crippen LogP contribution >= 0.6 is 0 Å². The Balaban J connectivity index is 1.85. The minimum atomic E-state index is -0.569. The van der Waals surface area contributed by atoms with Crippen LogP contribution in [0.4, 0.5) is 5.69 Å². The maximum atomic E-state index is 12.1. The van der Waals surface area contributed by atoms with E-state index in [0.29, 0.717) is 12.2 Å². The van der Waals surface area contributed by atoms with Crippen molar-refractivity contribution < 1.29 is 14.3 Å². The summed E-state index contributed by atoms with van der Waals surface area (Å²) in [4.78, 5) is 14.0. The standard InChI is InChI=1S/C26H34N2O3/c1-3-5-7-8-9-10-20-30-24-13-11-23(12-14-24)28-17-15-22(16-18-28)25(21-27)26(29)31-19-6-4-2/h11-18H,3-10,19-20H2,1-2H3. The number of hydrogen-bond acceptors (Lipinski definition) is 5. The number of ether oxygens (including phenoxy) is 2. The van der Waals surface area contributed by atoms with Crippen LogP contribution in [0.1, 0.15) is 65.2 Å². The summed E-state index contributed by atoms with van der Waals surface area (Å²) in [6.07, 6.45) is 16.4. The van der Waals surface area contributed by atoms with Crippen molar-refractivity contribution in [2.24, 2.45) is 0 Å². The predicted octanol–water partition coefficient (Wildman–Crippen LogP) is 6.44. The van der Waals surface area contributed by atoms with E-state index in [1.807, 2.05) is 54.6 Å². The molecule has 1 aromatic carbocycles. The molecule has 0 bridgehead atoms. The monoisotopic (exact) mass is 422 g/mol. The van der Waals surface area contributed by atoms with Crippen molar-refractivity contribution in [2.75, 3.05) is 18.1 Å². The normalized spacial score (nSPS) is 12.5. The molecule has 0 aliphatic carbocycles. The van der Waals surface area contributed by atoms with Crippen molar-refractivity contribution in [1.82, 2.24) is 0 Å². The molecule has 0 spiro atoms. The van der Waals surface area contributed by atoms with E-state index in [2.05, 4.69) is 6.92 Å². The largest absolute Gasteiger partial charge is 0.494 e. The van der Waals surface area contributed by atoms with E-state index in [0.717, 1.165) is 37.3 Å². The molecule has 1 aromatic rings. The van der Waals surface area contributed by atoms with Crippen molar-refractivity contribution in [3.05, 3.63) is 60.0 Å². The molecular weight excluding hydrogens is 388 g/mol. The lowest BCUT2D eigenvalue weighted by Gasteiger charge is -2.19. The Hall–Kier alpha value is -3.00. The highest BCUT2D eigenvalue weighted by Gasteiger charge is 2.16. The van der Waals surface area contributed by atoms with Crippen LogP contribution in [0.5, 0.6) is 5.75 Å². The fourth-order valence-corrected chi connectivity index (χ4v) is 3.16. The smallest absolute Gasteiger partial charge is 0.349 e. The van der Waals surface area contributed by atoms with Crippen molar-refractivity contribution >= 4 is 11.7 Å². The van der Waals surface area contributed by atoms with Crippen molar-refractivity contribution in [2.45, 2.75) is 65.2 Å². The molecule has 0 atom stereocenters. The first-order chi connectivity index (χ1) is 15.2. The predicted molar refractivity (Wildman–Crippen MR) is 125 cm³/mol. The Kier molecular flexibility index (Phi) is 11.0. The van der Waals surface area contributed by atoms with Gasteiger partial charge < -0.3 is 14.4 Å². The highest BCUT2D eigenvalue weighted by atomic mass is 16.5. The van der Waals surface area contributed by atoms with Crippen LogP contribution in [0.2, 0.25) is 0 Å². The van der Waals surface area contributed by atoms with Crippen molar-refractivity contribution in [3.63, 3.8) is 0 Å². The fourth-order valence-electron chi connectivity index (χ4n) is 3.16. The third-order valence-electron chi connectivity index (χ3n) is 5.07. The summed E-state index contributed by atoms with van der Waals surface area (Å²) in [5, 5.41) is 9.36. The molecule has 0 fully saturated rings. The third-order valence-corrected chi connectivity index (χ3v) is 5.07. The second-order valence-electron chi connectivity index (χ2n) is 7.58. The van der Waals surface area contributed by atoms with Crippen LogP contribution < -0.4 is 9.64 Å². The lowest BCUT2D eigenvalue weighted by Crippen LogP contribution is -2.13. The van der Waals surface area contributed by atoms with Gasteiger partial charge in [-0.3, -0.25) is 0 Å². The van der Waals surface area contributed by atoms with Gasteiger partial charge in [-0.25, -0.2) is 4.79 Å². The van der Waals surface area contributed by atoms with E-state index < -0.39 is 5.97 Å². The molecule has 2 rings (SSSR count). The molecule has 5 nitrogen and oxygen atoms in total. The number of nitrogens with zero attached hydrogens (tertiary/aromatic N) is 2. The molecule has 0 radical (unpaired) electrons. The average molecular weight is 423 g/mol. The van der Waals surface area contributed by atoms with E-state index in [-0.39, 0.29) is 5.57 Å². The summed E-state index contributed by atoms with van der Waals surface area (Å²) >= 11 is 0. The zero-order valence-corrected chi connectivity index (χ0v) is 18.8. The SMILES string of the molecule is CCCCCCCCOc1ccc(N2C=CC(=C(C#N)C(=O)OCCCC)C=C2)cc1. The van der Waals surface area contributed by atoms with Gasteiger partial charge in [-0.1, -0.05) is 52.4 Å². The first-order valence-electron chi connectivity index (χ1n) is 11.4. The minimum absolute atomic E-state index is 0.0293. The van der Waals surface area contributed by atoms with Crippen LogP contribution in [0, 0.1) is 11.3 Å². The van der Waals surface area contributed by atoms with E-state index in [1.54, 1.807) is 12.2 Å². The summed E-state index contributed by atoms with van der Waals surface area (Å²) in [5.74, 6) is 0.296. The molecule has 1 aliphatic rings. The zero-order chi connectivity index (χ0) is 22.3. The summed E-state index contributed by atoms with van der Waals surface area (Å²) in [5.41, 5.74) is 1.56. The number of unbranched alkanes of at least 4 members (excludes halogenated alkanes) is 6. The summed E-state index contributed by atoms with van der Waals surface area (Å²) in [7, 11) is 0. The van der Waals surface area contributed by atoms with Gasteiger partial charge in [0.2, 0.25) is 0 Å². The van der Waals surface area contributed by atoms with E-state index in [9.17, 15) is 10.1 Å². The van der Waals surface area contributed by atoms with Crippen LogP contribution in [0.15, 0.2) is 60.0 Å². The third kappa shape index (κ3) is 8.33. The molecule has 0 saturated carbocycles. The van der Waals surface area contributed by atoms with Gasteiger partial charge in [0.05, 0.1) is 13.2 Å². The van der Waals surface area contributed by atoms with Gasteiger partial charge in [0.15, 0.2) is 0 Å². The number of allylic oxidation sites excluding steroid dienone is 3. The molecular formula is C26H34N2O3. The first kappa shape index (κ1) is 24.3. The van der Waals surface area contributed by atoms with Crippen LogP contribution in [0.25, 0.3) is 0 Å². The summed E-state index contributed by atoms with van der Waals surface area (Å²) in [6.45, 7) is 5.33. The second kappa shape index (κ2) is 14.1. The second-order valence-corrected chi connectivity index (χ2v) is 7.58. The van der Waals surface area contributed by atoms with Gasteiger partial charge in [-0.2, -0.15) is 5.26 Å². The topological polar surface area (TPSA) is 62.6 Å². The van der Waals surface area contributed by atoms with Crippen LogP contribution in [0.3, 0.4) is 0 Å². The molecule has 5 heteroatoms. The van der Waals surface area contributed by atoms with Gasteiger partial charge in [0, 0.05) is 23.7 Å². The zero-order valence-electron chi connectivity index (χ0n) is 18.8. The van der Waals surface area contributed by atoms with Gasteiger partial charge in [-0.15, -0.1) is 0 Å². The highest BCUT2D eigenvalue weighted by molar-refractivity contribution is 5.95. The number of nitriles is 1. The van der Waals surface area contributed by atoms with Crippen molar-refractivity contribution in [1.29, 1.82) is 5.26 Å². The fraction of sp³-hybridized carbons (Fsp3) is 0.462. The first-order valence-corrected chi connectivity index (χ1v) is 11.4. The Morgan fingerprint density at radius 1 is 0.903 bits per heavy atom. The molecule has 166 valence electrons. The van der Waals surface area contributed by atoms with Crippen LogP contribution in [-0.4, -0.2) is 19.2 Å². The number of rotatable bonds is 13. The number of carbonyl (C=O) groups is 1. The number of carbonyl (C=O) groups excluding carboxylic acids is 1. The van der Waals surface area contributed by atoms with E-state index >= 15 is 0 Å². The lowest BCUT2D eigenvalue weighted by atomic mass is 10.1. The number of hydrogen-bond donors (Lipinski definition) is 0. The Morgan fingerprint density at radius 2 is 1.55 bits per heavy atom. The average Bonchev–Trinajstić information content (AvgIpc) is 2.80. The van der Waals surface area contributed by atoms with Crippen molar-refractivity contribution in [3.8, 4) is 11.8 Å². The molecule has 1 heterocycles. The molecule has 0 saturated heterocycles. The molecule has 0 amide bonds. The number of esters is 1. The van der Waals surface area contributed by atoms with E-state index in [1.165, 1.54) is 32.1 Å². The molecule has 0 unspecified atom stereocenters. The highest BCUT2D eigenvalue weighted by Crippen LogP contribution is 2.24. The lowest BCUT2D eigenvalue weighted by molar-refractivity contribution is -0.138. The molecule has 31 heavy (non-hydrogen) atoms. The Bertz CT molecular complexity index is 800. The Labute approximate surface area is 186 Å². The van der Waals surface area contributed by atoms with Gasteiger partial charge in [0.1, 0.15) is 17.4 Å². The quantitative estimate of drug-likeness (QED) is 0.158. The van der Waals surface area contributed by atoms with Gasteiger partial charge in [-0.05, 0) is 49.3 Å². The van der Waals surface area contributed by atoms with Crippen LogP contribution in [-0.2, 0) is 9.53 Å². The molecule has 0 aromatic heterocycles. The number of benzene rings is 1. The minimum Gasteiger partial charge on any atom is -0.494 e. The molecule has 0 N–H and O–H groups in total. The Morgan fingerprint density at radius 3 is 2.19 bits per heavy atom. The molecule has 1 aliphatic heterocycles. The van der Waals surface area contributed by atoms with Gasteiger partial charge >= 0.3 is 5.97 Å². The maximum absolute atomic E-state index is 12.1. The van der Waals surface area contributed by atoms with E-state index in [4.69, 9.17) is 9.47 Å². The maximum Gasteiger partial charge on any atom is 0.349 e. The summed E-state index contributed by atoms with van der Waals surface area (Å²) in [6, 6.07) is 9.87. The number of anilines is 1.